The third-order valence-corrected chi connectivity index (χ3v) is 5.04. The lowest BCUT2D eigenvalue weighted by atomic mass is 10.4. The molecule has 27 heavy (non-hydrogen) atoms. The van der Waals surface area contributed by atoms with Crippen molar-refractivity contribution in [3.05, 3.63) is 46.9 Å². The molecule has 0 aromatic carbocycles. The number of fused-ring (bicyclic) bond motifs is 1. The van der Waals surface area contributed by atoms with Gasteiger partial charge in [-0.3, -0.25) is 4.79 Å². The SMILES string of the molecule is COC(=O)C=C1SCC(=O)N1CCCOC(=O)c1cn2c(C)cccc2n1. The predicted molar refractivity (Wildman–Crippen MR) is 99.1 cm³/mol. The first-order valence-corrected chi connectivity index (χ1v) is 9.33. The molecule has 0 saturated carbocycles. The summed E-state index contributed by atoms with van der Waals surface area (Å²) in [4.78, 5) is 41.2. The number of methoxy groups -OCH3 is 1. The van der Waals surface area contributed by atoms with Crippen LogP contribution in [0.3, 0.4) is 0 Å². The van der Waals surface area contributed by atoms with Crippen LogP contribution in [0.2, 0.25) is 0 Å². The van der Waals surface area contributed by atoms with Gasteiger partial charge in [-0.15, -0.1) is 0 Å². The molecule has 0 atom stereocenters. The molecule has 0 radical (unpaired) electrons. The Kier molecular flexibility index (Phi) is 5.80. The first kappa shape index (κ1) is 19.0. The highest BCUT2D eigenvalue weighted by molar-refractivity contribution is 8.04. The maximum atomic E-state index is 12.2. The zero-order chi connectivity index (χ0) is 19.4. The second-order valence-corrected chi connectivity index (χ2v) is 6.85. The highest BCUT2D eigenvalue weighted by Crippen LogP contribution is 2.28. The number of aryl methyl sites for hydroxylation is 1. The molecule has 0 bridgehead atoms. The average molecular weight is 389 g/mol. The lowest BCUT2D eigenvalue weighted by Gasteiger charge is -2.16. The second-order valence-electron chi connectivity index (χ2n) is 5.85. The number of ether oxygens (including phenoxy) is 2. The van der Waals surface area contributed by atoms with E-state index in [0.29, 0.717) is 23.6 Å². The number of nitrogens with zero attached hydrogens (tertiary/aromatic N) is 3. The number of esters is 2. The summed E-state index contributed by atoms with van der Waals surface area (Å²) in [5.74, 6) is -0.822. The summed E-state index contributed by atoms with van der Waals surface area (Å²) >= 11 is 1.28. The fourth-order valence-corrected chi connectivity index (χ4v) is 3.59. The fourth-order valence-electron chi connectivity index (χ4n) is 2.64. The first-order chi connectivity index (χ1) is 13.0. The van der Waals surface area contributed by atoms with E-state index in [4.69, 9.17) is 4.74 Å². The van der Waals surface area contributed by atoms with Crippen LogP contribution in [0, 0.1) is 6.92 Å². The van der Waals surface area contributed by atoms with E-state index in [9.17, 15) is 14.4 Å². The fraction of sp³-hybridized carbons (Fsp3) is 0.333. The predicted octanol–water partition coefficient (Wildman–Crippen LogP) is 1.78. The number of hydrogen-bond donors (Lipinski definition) is 0. The smallest absolute Gasteiger partial charge is 0.358 e. The van der Waals surface area contributed by atoms with Gasteiger partial charge in [0.1, 0.15) is 5.65 Å². The molecule has 1 amide bonds. The van der Waals surface area contributed by atoms with E-state index in [1.54, 1.807) is 6.20 Å². The Morgan fingerprint density at radius 3 is 2.93 bits per heavy atom. The van der Waals surface area contributed by atoms with Gasteiger partial charge in [-0.25, -0.2) is 14.6 Å². The van der Waals surface area contributed by atoms with Gasteiger partial charge in [0, 0.05) is 18.4 Å². The molecule has 1 saturated heterocycles. The van der Waals surface area contributed by atoms with Crippen molar-refractivity contribution in [2.24, 2.45) is 0 Å². The topological polar surface area (TPSA) is 90.2 Å². The van der Waals surface area contributed by atoms with Gasteiger partial charge in [0.15, 0.2) is 5.69 Å². The third-order valence-electron chi connectivity index (χ3n) is 4.02. The van der Waals surface area contributed by atoms with Crippen LogP contribution >= 0.6 is 11.8 Å². The molecule has 3 rings (SSSR count). The van der Waals surface area contributed by atoms with Gasteiger partial charge in [0.05, 0.1) is 30.6 Å². The summed E-state index contributed by atoms with van der Waals surface area (Å²) in [6.45, 7) is 2.42. The van der Waals surface area contributed by atoms with E-state index < -0.39 is 11.9 Å². The third kappa shape index (κ3) is 4.30. The van der Waals surface area contributed by atoms with E-state index in [2.05, 4.69) is 9.72 Å². The number of amides is 1. The molecule has 1 aliphatic heterocycles. The van der Waals surface area contributed by atoms with Crippen molar-refractivity contribution in [3.8, 4) is 0 Å². The summed E-state index contributed by atoms with van der Waals surface area (Å²) in [7, 11) is 1.28. The van der Waals surface area contributed by atoms with Crippen molar-refractivity contribution in [1.29, 1.82) is 0 Å². The minimum atomic E-state index is -0.509. The summed E-state index contributed by atoms with van der Waals surface area (Å²) in [5.41, 5.74) is 1.89. The van der Waals surface area contributed by atoms with Crippen molar-refractivity contribution >= 4 is 35.3 Å². The molecule has 0 unspecified atom stereocenters. The molecular weight excluding hydrogens is 370 g/mol. The summed E-state index contributed by atoms with van der Waals surface area (Å²) in [6, 6.07) is 5.61. The Morgan fingerprint density at radius 2 is 2.19 bits per heavy atom. The quantitative estimate of drug-likeness (QED) is 0.423. The molecule has 0 spiro atoms. The second kappa shape index (κ2) is 8.26. The van der Waals surface area contributed by atoms with Crippen LogP contribution in [-0.2, 0) is 19.1 Å². The van der Waals surface area contributed by atoms with E-state index in [0.717, 1.165) is 5.69 Å². The molecule has 1 fully saturated rings. The van der Waals surface area contributed by atoms with Gasteiger partial charge < -0.3 is 18.8 Å². The molecule has 9 heteroatoms. The summed E-state index contributed by atoms with van der Waals surface area (Å²) in [6.07, 6.45) is 3.38. The molecule has 2 aromatic rings. The zero-order valence-electron chi connectivity index (χ0n) is 15.0. The van der Waals surface area contributed by atoms with Gasteiger partial charge >= 0.3 is 11.9 Å². The van der Waals surface area contributed by atoms with Crippen LogP contribution in [0.5, 0.6) is 0 Å². The Bertz CT molecular complexity index is 921. The first-order valence-electron chi connectivity index (χ1n) is 8.34. The maximum Gasteiger partial charge on any atom is 0.358 e. The number of pyridine rings is 1. The largest absolute Gasteiger partial charge is 0.466 e. The van der Waals surface area contributed by atoms with Crippen molar-refractivity contribution < 1.29 is 23.9 Å². The van der Waals surface area contributed by atoms with Gasteiger partial charge in [0.25, 0.3) is 0 Å². The van der Waals surface area contributed by atoms with E-state index in [-0.39, 0.29) is 24.0 Å². The molecule has 0 N–H and O–H groups in total. The normalized spacial score (nSPS) is 15.6. The summed E-state index contributed by atoms with van der Waals surface area (Å²) < 4.78 is 11.7. The Labute approximate surface area is 160 Å². The standard InChI is InChI=1S/C18H19N3O5S/c1-12-5-3-6-14-19-13(10-21(12)14)18(24)26-8-4-7-20-15(22)11-27-16(20)9-17(23)25-2/h3,5-6,9-10H,4,7-8,11H2,1-2H3. The number of carbonyl (C=O) groups excluding carboxylic acids is 3. The van der Waals surface area contributed by atoms with Crippen molar-refractivity contribution in [2.75, 3.05) is 26.0 Å². The summed E-state index contributed by atoms with van der Waals surface area (Å²) in [5, 5.41) is 0.550. The van der Waals surface area contributed by atoms with Gasteiger partial charge in [0.2, 0.25) is 5.91 Å². The molecule has 2 aromatic heterocycles. The Morgan fingerprint density at radius 1 is 1.37 bits per heavy atom. The number of imidazole rings is 1. The molecule has 8 nitrogen and oxygen atoms in total. The van der Waals surface area contributed by atoms with Crippen LogP contribution < -0.4 is 0 Å². The number of thioether (sulfide) groups is 1. The van der Waals surface area contributed by atoms with Crippen molar-refractivity contribution in [2.45, 2.75) is 13.3 Å². The molecule has 3 heterocycles. The van der Waals surface area contributed by atoms with Crippen LogP contribution in [-0.4, -0.2) is 58.1 Å². The molecule has 142 valence electrons. The van der Waals surface area contributed by atoms with Crippen LogP contribution in [0.15, 0.2) is 35.5 Å². The highest BCUT2D eigenvalue weighted by Gasteiger charge is 2.27. The molecule has 1 aliphatic rings. The lowest BCUT2D eigenvalue weighted by Crippen LogP contribution is -2.27. The van der Waals surface area contributed by atoms with Crippen molar-refractivity contribution in [3.63, 3.8) is 0 Å². The molecular formula is C18H19N3O5S. The Balaban J connectivity index is 1.53. The van der Waals surface area contributed by atoms with Gasteiger partial charge in [-0.1, -0.05) is 17.8 Å². The van der Waals surface area contributed by atoms with Crippen molar-refractivity contribution in [1.82, 2.24) is 14.3 Å². The van der Waals surface area contributed by atoms with Gasteiger partial charge in [-0.05, 0) is 25.5 Å². The van der Waals surface area contributed by atoms with Crippen LogP contribution in [0.25, 0.3) is 5.65 Å². The van der Waals surface area contributed by atoms with Crippen LogP contribution in [0.1, 0.15) is 22.6 Å². The van der Waals surface area contributed by atoms with E-state index in [1.165, 1.54) is 29.8 Å². The van der Waals surface area contributed by atoms with E-state index in [1.807, 2.05) is 29.5 Å². The average Bonchev–Trinajstić information content (AvgIpc) is 3.24. The highest BCUT2D eigenvalue weighted by atomic mass is 32.2. The number of aromatic nitrogens is 2. The minimum absolute atomic E-state index is 0.0858. The maximum absolute atomic E-state index is 12.2. The lowest BCUT2D eigenvalue weighted by molar-refractivity contribution is -0.134. The number of carbonyl (C=O) groups is 3. The van der Waals surface area contributed by atoms with E-state index >= 15 is 0 Å². The van der Waals surface area contributed by atoms with Gasteiger partial charge in [-0.2, -0.15) is 0 Å². The number of hydrogen-bond acceptors (Lipinski definition) is 7. The van der Waals surface area contributed by atoms with Crippen LogP contribution in [0.4, 0.5) is 0 Å². The minimum Gasteiger partial charge on any atom is -0.466 e. The Hall–Kier alpha value is -2.81. The molecule has 0 aliphatic carbocycles. The zero-order valence-corrected chi connectivity index (χ0v) is 15.8. The number of rotatable bonds is 6. The monoisotopic (exact) mass is 389 g/mol.